The highest BCUT2D eigenvalue weighted by Gasteiger charge is 2.27. The number of amides is 1. The molecule has 0 radical (unpaired) electrons. The zero-order valence-electron chi connectivity index (χ0n) is 17.8. The molecule has 9 heteroatoms. The van der Waals surface area contributed by atoms with Crippen LogP contribution in [0.3, 0.4) is 0 Å². The second kappa shape index (κ2) is 9.69. The van der Waals surface area contributed by atoms with Gasteiger partial charge in [0.2, 0.25) is 10.0 Å². The summed E-state index contributed by atoms with van der Waals surface area (Å²) in [5.74, 6) is -0.0954. The molecule has 2 aromatic rings. The van der Waals surface area contributed by atoms with Crippen molar-refractivity contribution in [2.24, 2.45) is 0 Å². The van der Waals surface area contributed by atoms with Crippen molar-refractivity contribution in [2.75, 3.05) is 57.4 Å². The monoisotopic (exact) mass is 454 g/mol. The van der Waals surface area contributed by atoms with Crippen molar-refractivity contribution < 1.29 is 17.9 Å². The number of carbonyl (C=O) groups excluding carboxylic acids is 1. The van der Waals surface area contributed by atoms with E-state index in [2.05, 4.69) is 11.0 Å². The molecule has 2 heterocycles. The Morgan fingerprint density at radius 3 is 2.22 bits per heavy atom. The molecule has 32 heavy (non-hydrogen) atoms. The number of morpholine rings is 1. The number of benzene rings is 2. The van der Waals surface area contributed by atoms with Gasteiger partial charge in [-0.15, -0.1) is 0 Å². The second-order valence-corrected chi connectivity index (χ2v) is 9.77. The smallest absolute Gasteiger partial charge is 0.253 e. The van der Waals surface area contributed by atoms with Gasteiger partial charge >= 0.3 is 0 Å². The maximum Gasteiger partial charge on any atom is 0.253 e. The Labute approximate surface area is 188 Å². The Hall–Kier alpha value is -2.93. The van der Waals surface area contributed by atoms with Crippen molar-refractivity contribution in [1.29, 1.82) is 5.26 Å². The van der Waals surface area contributed by atoms with Gasteiger partial charge in [-0.1, -0.05) is 0 Å². The summed E-state index contributed by atoms with van der Waals surface area (Å²) in [5.41, 5.74) is 2.15. The zero-order valence-corrected chi connectivity index (χ0v) is 18.6. The fourth-order valence-corrected chi connectivity index (χ4v) is 5.42. The van der Waals surface area contributed by atoms with E-state index in [1.54, 1.807) is 24.3 Å². The lowest BCUT2D eigenvalue weighted by Crippen LogP contribution is -2.40. The van der Waals surface area contributed by atoms with Gasteiger partial charge in [0, 0.05) is 50.5 Å². The predicted octanol–water partition coefficient (Wildman–Crippen LogP) is 1.93. The summed E-state index contributed by atoms with van der Waals surface area (Å²) in [6, 6.07) is 15.8. The van der Waals surface area contributed by atoms with Gasteiger partial charge in [0.05, 0.1) is 29.7 Å². The van der Waals surface area contributed by atoms with Crippen LogP contribution in [0.15, 0.2) is 53.4 Å². The average molecular weight is 455 g/mol. The van der Waals surface area contributed by atoms with Gasteiger partial charge in [-0.05, 0) is 55.0 Å². The molecule has 2 aliphatic heterocycles. The summed E-state index contributed by atoms with van der Waals surface area (Å²) < 4.78 is 32.2. The van der Waals surface area contributed by atoms with E-state index in [1.807, 2.05) is 17.0 Å². The van der Waals surface area contributed by atoms with Gasteiger partial charge in [0.25, 0.3) is 5.91 Å². The molecule has 0 aromatic heterocycles. The number of anilines is 1. The van der Waals surface area contributed by atoms with Crippen LogP contribution in [0.4, 0.5) is 5.69 Å². The first-order valence-electron chi connectivity index (χ1n) is 10.7. The lowest BCUT2D eigenvalue weighted by molar-refractivity contribution is 0.0730. The average Bonchev–Trinajstić information content (AvgIpc) is 3.11. The number of hydrogen-bond acceptors (Lipinski definition) is 6. The summed E-state index contributed by atoms with van der Waals surface area (Å²) >= 11 is 0. The fraction of sp³-hybridized carbons (Fsp3) is 0.391. The zero-order chi connectivity index (χ0) is 22.6. The van der Waals surface area contributed by atoms with E-state index in [0.29, 0.717) is 57.1 Å². The largest absolute Gasteiger partial charge is 0.379 e. The van der Waals surface area contributed by atoms with Crippen LogP contribution in [-0.4, -0.2) is 76.0 Å². The molecule has 0 bridgehead atoms. The summed E-state index contributed by atoms with van der Waals surface area (Å²) in [4.78, 5) is 17.3. The molecule has 0 atom stereocenters. The normalized spacial score (nSPS) is 18.1. The van der Waals surface area contributed by atoms with E-state index in [-0.39, 0.29) is 10.8 Å². The first-order chi connectivity index (χ1) is 15.5. The SMILES string of the molecule is N#Cc1ccc(N2CCCN(C(=O)c3ccc(S(=O)(=O)N4CCOCC4)cc3)CC2)cc1. The molecule has 0 unspecified atom stereocenters. The number of sulfonamides is 1. The topological polar surface area (TPSA) is 93.9 Å². The van der Waals surface area contributed by atoms with Crippen molar-refractivity contribution in [2.45, 2.75) is 11.3 Å². The van der Waals surface area contributed by atoms with Crippen LogP contribution in [0.1, 0.15) is 22.3 Å². The number of carbonyl (C=O) groups is 1. The molecule has 2 saturated heterocycles. The minimum atomic E-state index is -3.58. The Bertz CT molecular complexity index is 1090. The minimum absolute atomic E-state index is 0.0954. The lowest BCUT2D eigenvalue weighted by Gasteiger charge is -2.26. The molecule has 0 N–H and O–H groups in total. The van der Waals surface area contributed by atoms with Crippen LogP contribution in [-0.2, 0) is 14.8 Å². The predicted molar refractivity (Wildman–Crippen MR) is 120 cm³/mol. The van der Waals surface area contributed by atoms with Gasteiger partial charge in [0.15, 0.2) is 0 Å². The molecule has 8 nitrogen and oxygen atoms in total. The molecule has 0 saturated carbocycles. The highest BCUT2D eigenvalue weighted by molar-refractivity contribution is 7.89. The van der Waals surface area contributed by atoms with Crippen molar-refractivity contribution in [3.63, 3.8) is 0 Å². The third-order valence-corrected chi connectivity index (χ3v) is 7.77. The molecular formula is C23H26N4O4S. The summed E-state index contributed by atoms with van der Waals surface area (Å²) in [6.07, 6.45) is 0.829. The van der Waals surface area contributed by atoms with Crippen LogP contribution in [0.2, 0.25) is 0 Å². The van der Waals surface area contributed by atoms with Gasteiger partial charge < -0.3 is 14.5 Å². The first kappa shape index (κ1) is 22.3. The number of hydrogen-bond donors (Lipinski definition) is 0. The standard InChI is InChI=1S/C23H26N4O4S/c24-18-19-2-6-21(7-3-19)25-10-1-11-26(13-12-25)23(28)20-4-8-22(9-5-20)32(29,30)27-14-16-31-17-15-27/h2-9H,1,10-17H2. The minimum Gasteiger partial charge on any atom is -0.379 e. The van der Waals surface area contributed by atoms with Crippen LogP contribution in [0.25, 0.3) is 0 Å². The first-order valence-corrected chi connectivity index (χ1v) is 12.2. The summed E-state index contributed by atoms with van der Waals surface area (Å²) in [7, 11) is -3.58. The van der Waals surface area contributed by atoms with E-state index < -0.39 is 10.0 Å². The highest BCUT2D eigenvalue weighted by atomic mass is 32.2. The van der Waals surface area contributed by atoms with Gasteiger partial charge in [-0.25, -0.2) is 8.42 Å². The Morgan fingerprint density at radius 1 is 0.875 bits per heavy atom. The summed E-state index contributed by atoms with van der Waals surface area (Å²) in [6.45, 7) is 4.20. The van der Waals surface area contributed by atoms with E-state index in [0.717, 1.165) is 18.7 Å². The molecule has 2 fully saturated rings. The number of nitriles is 1. The lowest BCUT2D eigenvalue weighted by atomic mass is 10.2. The molecule has 2 aromatic carbocycles. The molecule has 168 valence electrons. The second-order valence-electron chi connectivity index (χ2n) is 7.83. The summed E-state index contributed by atoms with van der Waals surface area (Å²) in [5, 5.41) is 8.97. The van der Waals surface area contributed by atoms with Crippen molar-refractivity contribution in [3.8, 4) is 6.07 Å². The maximum atomic E-state index is 13.0. The third-order valence-electron chi connectivity index (χ3n) is 5.85. The van der Waals surface area contributed by atoms with Crippen molar-refractivity contribution in [1.82, 2.24) is 9.21 Å². The van der Waals surface area contributed by atoms with Crippen molar-refractivity contribution in [3.05, 3.63) is 59.7 Å². The third kappa shape index (κ3) is 4.78. The molecule has 0 spiro atoms. The molecule has 0 aliphatic carbocycles. The Morgan fingerprint density at radius 2 is 1.56 bits per heavy atom. The van der Waals surface area contributed by atoms with E-state index in [9.17, 15) is 13.2 Å². The van der Waals surface area contributed by atoms with Crippen molar-refractivity contribution >= 4 is 21.6 Å². The quantitative estimate of drug-likeness (QED) is 0.701. The van der Waals surface area contributed by atoms with E-state index in [1.165, 1.54) is 16.4 Å². The van der Waals surface area contributed by atoms with Gasteiger partial charge in [-0.2, -0.15) is 9.57 Å². The molecule has 4 rings (SSSR count). The highest BCUT2D eigenvalue weighted by Crippen LogP contribution is 2.20. The van der Waals surface area contributed by atoms with Crippen LogP contribution < -0.4 is 4.90 Å². The number of nitrogens with zero attached hydrogens (tertiary/aromatic N) is 4. The Balaban J connectivity index is 1.41. The number of rotatable bonds is 4. The van der Waals surface area contributed by atoms with E-state index >= 15 is 0 Å². The number of ether oxygens (including phenoxy) is 1. The maximum absolute atomic E-state index is 13.0. The molecule has 2 aliphatic rings. The van der Waals surface area contributed by atoms with Gasteiger partial charge in [-0.3, -0.25) is 4.79 Å². The molecule has 1 amide bonds. The fourth-order valence-electron chi connectivity index (χ4n) is 4.01. The van der Waals surface area contributed by atoms with Gasteiger partial charge in [0.1, 0.15) is 0 Å². The van der Waals surface area contributed by atoms with E-state index in [4.69, 9.17) is 10.00 Å². The molecular weight excluding hydrogens is 428 g/mol. The van der Waals surface area contributed by atoms with Crippen LogP contribution >= 0.6 is 0 Å². The Kier molecular flexibility index (Phi) is 6.74. The van der Waals surface area contributed by atoms with Crippen LogP contribution in [0, 0.1) is 11.3 Å². The van der Waals surface area contributed by atoms with Crippen LogP contribution in [0.5, 0.6) is 0 Å².